The molecule has 0 amide bonds. The van der Waals surface area contributed by atoms with Crippen LogP contribution in [0.5, 0.6) is 0 Å². The van der Waals surface area contributed by atoms with Crippen LogP contribution in [0, 0.1) is 6.92 Å². The highest BCUT2D eigenvalue weighted by molar-refractivity contribution is 4.60. The number of rotatable bonds is 6. The lowest BCUT2D eigenvalue weighted by molar-refractivity contribution is -0.0568. The van der Waals surface area contributed by atoms with Crippen molar-refractivity contribution < 1.29 is 9.47 Å². The van der Waals surface area contributed by atoms with Crippen LogP contribution in [0.15, 0.2) is 0 Å². The highest BCUT2D eigenvalue weighted by Crippen LogP contribution is 2.04. The third-order valence-electron chi connectivity index (χ3n) is 1.34. The minimum absolute atomic E-state index is 0.0346. The predicted molar refractivity (Wildman–Crippen MR) is 50.0 cm³/mol. The molecule has 72 valence electrons. The van der Waals surface area contributed by atoms with Crippen LogP contribution < -0.4 is 0 Å². The molecule has 2 nitrogen and oxygen atoms in total. The molecule has 0 aliphatic heterocycles. The van der Waals surface area contributed by atoms with Crippen molar-refractivity contribution in [3.05, 3.63) is 6.92 Å². The summed E-state index contributed by atoms with van der Waals surface area (Å²) in [6.07, 6.45) is 1.02. The van der Waals surface area contributed by atoms with E-state index >= 15 is 0 Å². The average Bonchev–Trinajstić information content (AvgIpc) is 1.97. The van der Waals surface area contributed by atoms with Gasteiger partial charge >= 0.3 is 0 Å². The quantitative estimate of drug-likeness (QED) is 0.612. The summed E-state index contributed by atoms with van der Waals surface area (Å²) in [7, 11) is 0. The molecule has 0 aromatic rings. The normalized spacial score (nSPS) is 14.2. The number of hydrogen-bond donors (Lipinski definition) is 0. The van der Waals surface area contributed by atoms with Crippen LogP contribution in [0.3, 0.4) is 0 Å². The highest BCUT2D eigenvalue weighted by atomic mass is 16.5. The van der Waals surface area contributed by atoms with Crippen LogP contribution >= 0.6 is 0 Å². The first-order chi connectivity index (χ1) is 5.56. The Balaban J connectivity index is 3.53. The van der Waals surface area contributed by atoms with Gasteiger partial charge in [0.05, 0.1) is 24.9 Å². The van der Waals surface area contributed by atoms with Crippen molar-refractivity contribution in [2.75, 3.05) is 6.61 Å². The summed E-state index contributed by atoms with van der Waals surface area (Å²) >= 11 is 0. The Hall–Kier alpha value is -0.0800. The zero-order valence-electron chi connectivity index (χ0n) is 8.54. The molecule has 0 aromatic carbocycles. The van der Waals surface area contributed by atoms with Crippen LogP contribution in [-0.2, 0) is 9.47 Å². The molecule has 2 radical (unpaired) electrons. The van der Waals surface area contributed by atoms with Gasteiger partial charge in [0, 0.05) is 0 Å². The Bertz CT molecular complexity index is 100. The zero-order chi connectivity index (χ0) is 9.56. The summed E-state index contributed by atoms with van der Waals surface area (Å²) in [6.45, 7) is 14.1. The lowest BCUT2D eigenvalue weighted by Gasteiger charge is -2.19. The summed E-state index contributed by atoms with van der Waals surface area (Å²) in [6, 6.07) is 0. The largest absolute Gasteiger partial charge is 0.376 e. The van der Waals surface area contributed by atoms with Gasteiger partial charge in [-0.1, -0.05) is 0 Å². The maximum absolute atomic E-state index is 5.50. The molecule has 0 saturated carbocycles. The monoisotopic (exact) mass is 172 g/mol. The molecule has 0 bridgehead atoms. The van der Waals surface area contributed by atoms with Gasteiger partial charge in [-0.2, -0.15) is 0 Å². The van der Waals surface area contributed by atoms with Gasteiger partial charge in [-0.15, -0.1) is 0 Å². The zero-order valence-corrected chi connectivity index (χ0v) is 8.54. The maximum Gasteiger partial charge on any atom is 0.0814 e. The third-order valence-corrected chi connectivity index (χ3v) is 1.34. The molecule has 1 unspecified atom stereocenters. The summed E-state index contributed by atoms with van der Waals surface area (Å²) in [5.74, 6) is 0. The second kappa shape index (κ2) is 6.44. The van der Waals surface area contributed by atoms with Gasteiger partial charge in [0.15, 0.2) is 0 Å². The molecular formula is C10H20O2. The van der Waals surface area contributed by atoms with Crippen molar-refractivity contribution >= 4 is 0 Å². The Morgan fingerprint density at radius 2 is 1.67 bits per heavy atom. The molecule has 0 rings (SSSR count). The van der Waals surface area contributed by atoms with Crippen LogP contribution in [0.1, 0.15) is 34.1 Å². The molecule has 2 heteroatoms. The van der Waals surface area contributed by atoms with Gasteiger partial charge in [0.1, 0.15) is 0 Å². The van der Waals surface area contributed by atoms with Crippen LogP contribution in [0.4, 0.5) is 0 Å². The second-order valence-electron chi connectivity index (χ2n) is 3.42. The van der Waals surface area contributed by atoms with E-state index in [9.17, 15) is 0 Å². The third kappa shape index (κ3) is 6.62. The first-order valence-electron chi connectivity index (χ1n) is 4.53. The molecular weight excluding hydrogens is 152 g/mol. The van der Waals surface area contributed by atoms with Crippen LogP contribution in [-0.4, -0.2) is 24.9 Å². The van der Waals surface area contributed by atoms with E-state index in [1.165, 1.54) is 0 Å². The molecule has 0 spiro atoms. The highest BCUT2D eigenvalue weighted by Gasteiger charge is 2.09. The summed E-state index contributed by atoms with van der Waals surface area (Å²) < 4.78 is 10.9. The van der Waals surface area contributed by atoms with Crippen molar-refractivity contribution in [3.8, 4) is 0 Å². The summed E-state index contributed by atoms with van der Waals surface area (Å²) in [4.78, 5) is 0. The predicted octanol–water partition coefficient (Wildman–Crippen LogP) is 2.31. The first kappa shape index (κ1) is 11.9. The lowest BCUT2D eigenvalue weighted by Crippen LogP contribution is -2.24. The first-order valence-corrected chi connectivity index (χ1v) is 4.53. The summed E-state index contributed by atoms with van der Waals surface area (Å²) in [5, 5.41) is 0. The van der Waals surface area contributed by atoms with Gasteiger partial charge in [0.2, 0.25) is 0 Å². The Morgan fingerprint density at radius 1 is 1.08 bits per heavy atom. The van der Waals surface area contributed by atoms with Crippen molar-refractivity contribution in [1.82, 2.24) is 0 Å². The summed E-state index contributed by atoms with van der Waals surface area (Å²) in [5.41, 5.74) is 0. The van der Waals surface area contributed by atoms with E-state index in [1.807, 2.05) is 27.7 Å². The topological polar surface area (TPSA) is 18.5 Å². The van der Waals surface area contributed by atoms with E-state index in [0.29, 0.717) is 13.0 Å². The Morgan fingerprint density at radius 3 is 2.00 bits per heavy atom. The van der Waals surface area contributed by atoms with Crippen molar-refractivity contribution in [2.45, 2.75) is 52.4 Å². The van der Waals surface area contributed by atoms with Crippen LogP contribution in [0.2, 0.25) is 0 Å². The molecule has 1 atom stereocenters. The lowest BCUT2D eigenvalue weighted by atomic mass is 10.3. The minimum Gasteiger partial charge on any atom is -0.376 e. The standard InChI is InChI=1S/C10H20O2/c1-6-10(12-9(4)5)7-11-8(2)3/h1,8-10H,6-7H2,2-5H3. The smallest absolute Gasteiger partial charge is 0.0814 e. The van der Waals surface area contributed by atoms with Gasteiger partial charge in [-0.05, 0) is 41.0 Å². The molecule has 0 aromatic heterocycles. The van der Waals surface area contributed by atoms with Gasteiger partial charge < -0.3 is 9.47 Å². The van der Waals surface area contributed by atoms with E-state index in [2.05, 4.69) is 0 Å². The van der Waals surface area contributed by atoms with Gasteiger partial charge in [-0.25, -0.2) is 0 Å². The SMILES string of the molecule is [CH]CC(COC(C)C)OC(C)C. The minimum atomic E-state index is 0.0346. The maximum atomic E-state index is 5.50. The Labute approximate surface area is 76.3 Å². The fourth-order valence-corrected chi connectivity index (χ4v) is 0.848. The Kier molecular flexibility index (Phi) is 6.39. The molecule has 0 heterocycles. The molecule has 0 fully saturated rings. The van der Waals surface area contributed by atoms with Crippen molar-refractivity contribution in [1.29, 1.82) is 0 Å². The van der Waals surface area contributed by atoms with Crippen molar-refractivity contribution in [3.63, 3.8) is 0 Å². The second-order valence-corrected chi connectivity index (χ2v) is 3.42. The van der Waals surface area contributed by atoms with E-state index in [4.69, 9.17) is 16.4 Å². The number of hydrogen-bond acceptors (Lipinski definition) is 2. The van der Waals surface area contributed by atoms with Crippen molar-refractivity contribution in [2.24, 2.45) is 0 Å². The van der Waals surface area contributed by atoms with E-state index in [0.717, 1.165) is 0 Å². The fraction of sp³-hybridized carbons (Fsp3) is 0.900. The van der Waals surface area contributed by atoms with Crippen LogP contribution in [0.25, 0.3) is 0 Å². The van der Waals surface area contributed by atoms with E-state index in [1.54, 1.807) is 0 Å². The fourth-order valence-electron chi connectivity index (χ4n) is 0.848. The molecule has 0 aliphatic rings. The molecule has 0 N–H and O–H groups in total. The van der Waals surface area contributed by atoms with Gasteiger partial charge in [0.25, 0.3) is 0 Å². The number of ether oxygens (including phenoxy) is 2. The van der Waals surface area contributed by atoms with E-state index < -0.39 is 0 Å². The van der Waals surface area contributed by atoms with E-state index in [-0.39, 0.29) is 18.3 Å². The molecule has 0 saturated heterocycles. The van der Waals surface area contributed by atoms with Gasteiger partial charge in [-0.3, -0.25) is 0 Å². The molecule has 12 heavy (non-hydrogen) atoms. The average molecular weight is 172 g/mol. The molecule has 0 aliphatic carbocycles.